The van der Waals surface area contributed by atoms with Gasteiger partial charge in [-0.05, 0) is 49.9 Å². The monoisotopic (exact) mass is 273 g/mol. The van der Waals surface area contributed by atoms with Crippen molar-refractivity contribution in [3.63, 3.8) is 0 Å². The average Bonchev–Trinajstić information content (AvgIpc) is 2.38. The second-order valence-corrected chi connectivity index (χ2v) is 5.54. The molecule has 0 heterocycles. The van der Waals surface area contributed by atoms with E-state index in [9.17, 15) is 5.11 Å². The topological polar surface area (TPSA) is 32.3 Å². The van der Waals surface area contributed by atoms with E-state index in [1.54, 1.807) is 17.8 Å². The molecule has 2 aromatic rings. The maximum atomic E-state index is 10.00. The fourth-order valence-electron chi connectivity index (χ4n) is 2.06. The lowest BCUT2D eigenvalue weighted by Gasteiger charge is -2.17. The summed E-state index contributed by atoms with van der Waals surface area (Å²) in [6, 6.07) is 14.1. The highest BCUT2D eigenvalue weighted by Gasteiger charge is 2.10. The first-order valence-corrected chi connectivity index (χ1v) is 7.52. The summed E-state index contributed by atoms with van der Waals surface area (Å²) in [4.78, 5) is 1.23. The summed E-state index contributed by atoms with van der Waals surface area (Å²) in [5.74, 6) is 0.348. The van der Waals surface area contributed by atoms with Gasteiger partial charge in [0.1, 0.15) is 5.75 Å². The molecule has 0 aliphatic carbocycles. The lowest BCUT2D eigenvalue weighted by atomic mass is 10.0. The molecule has 0 aliphatic heterocycles. The lowest BCUT2D eigenvalue weighted by molar-refractivity contribution is 0.465. The van der Waals surface area contributed by atoms with Crippen LogP contribution in [0.15, 0.2) is 47.4 Å². The first-order valence-electron chi connectivity index (χ1n) is 6.30. The highest BCUT2D eigenvalue weighted by molar-refractivity contribution is 7.98. The molecule has 100 valence electrons. The molecule has 2 N–H and O–H groups in total. The van der Waals surface area contributed by atoms with E-state index in [1.165, 1.54) is 4.90 Å². The molecule has 0 fully saturated rings. The van der Waals surface area contributed by atoms with Gasteiger partial charge in [-0.2, -0.15) is 0 Å². The molecule has 0 aliphatic rings. The van der Waals surface area contributed by atoms with Gasteiger partial charge >= 0.3 is 0 Å². The van der Waals surface area contributed by atoms with E-state index in [2.05, 4.69) is 30.6 Å². The molecule has 2 aromatic carbocycles. The summed E-state index contributed by atoms with van der Waals surface area (Å²) in [6.07, 6.45) is 2.06. The zero-order valence-corrected chi connectivity index (χ0v) is 12.3. The third kappa shape index (κ3) is 3.44. The van der Waals surface area contributed by atoms with Gasteiger partial charge in [0.2, 0.25) is 0 Å². The number of aryl methyl sites for hydroxylation is 1. The smallest absolute Gasteiger partial charge is 0.121 e. The van der Waals surface area contributed by atoms with Crippen LogP contribution >= 0.6 is 11.8 Å². The van der Waals surface area contributed by atoms with Gasteiger partial charge in [-0.3, -0.25) is 0 Å². The maximum absolute atomic E-state index is 10.00. The molecule has 2 rings (SSSR count). The molecule has 1 atom stereocenters. The summed E-state index contributed by atoms with van der Waals surface area (Å²) in [5.41, 5.74) is 3.05. The minimum Gasteiger partial charge on any atom is -0.508 e. The van der Waals surface area contributed by atoms with Crippen LogP contribution in [0.3, 0.4) is 0 Å². The molecule has 0 radical (unpaired) electrons. The van der Waals surface area contributed by atoms with Crippen molar-refractivity contribution in [2.45, 2.75) is 24.8 Å². The van der Waals surface area contributed by atoms with E-state index in [-0.39, 0.29) is 6.04 Å². The summed E-state index contributed by atoms with van der Waals surface area (Å²) in [7, 11) is 0. The largest absolute Gasteiger partial charge is 0.508 e. The Labute approximate surface area is 118 Å². The van der Waals surface area contributed by atoms with Gasteiger partial charge in [-0.1, -0.05) is 18.2 Å². The highest BCUT2D eigenvalue weighted by Crippen LogP contribution is 2.28. The first-order chi connectivity index (χ1) is 9.10. The van der Waals surface area contributed by atoms with Crippen LogP contribution in [0.5, 0.6) is 5.75 Å². The Kier molecular flexibility index (Phi) is 4.38. The molecular weight excluding hydrogens is 254 g/mol. The Morgan fingerprint density at radius 2 is 1.95 bits per heavy atom. The number of phenolic OH excluding ortho intramolecular Hbond substituents is 1. The molecule has 3 heteroatoms. The molecule has 0 saturated heterocycles. The van der Waals surface area contributed by atoms with Crippen LogP contribution in [-0.4, -0.2) is 11.4 Å². The first kappa shape index (κ1) is 13.8. The summed E-state index contributed by atoms with van der Waals surface area (Å²) in [6.45, 7) is 4.03. The van der Waals surface area contributed by atoms with Crippen LogP contribution in [0.25, 0.3) is 0 Å². The van der Waals surface area contributed by atoms with Crippen molar-refractivity contribution in [1.29, 1.82) is 0 Å². The van der Waals surface area contributed by atoms with Gasteiger partial charge in [0, 0.05) is 16.1 Å². The number of anilines is 1. The molecule has 1 unspecified atom stereocenters. The predicted octanol–water partition coefficient (Wildman–Crippen LogP) is 4.60. The van der Waals surface area contributed by atoms with Crippen LogP contribution in [0, 0.1) is 6.92 Å². The number of rotatable bonds is 4. The number of nitrogens with one attached hydrogen (secondary N) is 1. The van der Waals surface area contributed by atoms with E-state index >= 15 is 0 Å². The van der Waals surface area contributed by atoms with Gasteiger partial charge < -0.3 is 10.4 Å². The molecule has 2 nitrogen and oxygen atoms in total. The van der Waals surface area contributed by atoms with Crippen molar-refractivity contribution in [1.82, 2.24) is 0 Å². The number of aromatic hydroxyl groups is 1. The van der Waals surface area contributed by atoms with Crippen molar-refractivity contribution in [3.05, 3.63) is 53.6 Å². The SMILES string of the molecule is CSc1cccc(NC(C)c2ccc(C)cc2O)c1. The molecular formula is C16H19NOS. The van der Waals surface area contributed by atoms with Gasteiger partial charge in [0.25, 0.3) is 0 Å². The second kappa shape index (κ2) is 6.02. The highest BCUT2D eigenvalue weighted by atomic mass is 32.2. The molecule has 0 amide bonds. The lowest BCUT2D eigenvalue weighted by Crippen LogP contribution is -2.06. The predicted molar refractivity (Wildman–Crippen MR) is 83.1 cm³/mol. The van der Waals surface area contributed by atoms with Gasteiger partial charge in [0.15, 0.2) is 0 Å². The third-order valence-corrected chi connectivity index (χ3v) is 3.83. The number of phenols is 1. The zero-order chi connectivity index (χ0) is 13.8. The number of thioether (sulfide) groups is 1. The minimum absolute atomic E-state index is 0.0673. The van der Waals surface area contributed by atoms with E-state index in [1.807, 2.05) is 31.2 Å². The van der Waals surface area contributed by atoms with Gasteiger partial charge in [-0.15, -0.1) is 11.8 Å². The van der Waals surface area contributed by atoms with Crippen molar-refractivity contribution in [2.24, 2.45) is 0 Å². The average molecular weight is 273 g/mol. The normalized spacial score (nSPS) is 12.2. The van der Waals surface area contributed by atoms with Crippen molar-refractivity contribution in [2.75, 3.05) is 11.6 Å². The Morgan fingerprint density at radius 3 is 2.63 bits per heavy atom. The quantitative estimate of drug-likeness (QED) is 0.799. The van der Waals surface area contributed by atoms with Crippen molar-refractivity contribution in [3.8, 4) is 5.75 Å². The van der Waals surface area contributed by atoms with Crippen molar-refractivity contribution < 1.29 is 5.11 Å². The van der Waals surface area contributed by atoms with E-state index < -0.39 is 0 Å². The van der Waals surface area contributed by atoms with Crippen LogP contribution in [0.4, 0.5) is 5.69 Å². The maximum Gasteiger partial charge on any atom is 0.121 e. The van der Waals surface area contributed by atoms with Crippen molar-refractivity contribution >= 4 is 17.4 Å². The zero-order valence-electron chi connectivity index (χ0n) is 11.5. The minimum atomic E-state index is 0.0673. The number of benzene rings is 2. The summed E-state index contributed by atoms with van der Waals surface area (Å²) < 4.78 is 0. The molecule has 0 saturated carbocycles. The molecule has 0 aromatic heterocycles. The number of hydrogen-bond donors (Lipinski definition) is 2. The van der Waals surface area contributed by atoms with E-state index in [0.717, 1.165) is 16.8 Å². The molecule has 19 heavy (non-hydrogen) atoms. The fourth-order valence-corrected chi connectivity index (χ4v) is 2.52. The Morgan fingerprint density at radius 1 is 1.16 bits per heavy atom. The molecule has 0 spiro atoms. The van der Waals surface area contributed by atoms with Gasteiger partial charge in [0.05, 0.1) is 6.04 Å². The molecule has 0 bridgehead atoms. The summed E-state index contributed by atoms with van der Waals surface area (Å²) >= 11 is 1.72. The van der Waals surface area contributed by atoms with Crippen LogP contribution in [0.2, 0.25) is 0 Å². The standard InChI is InChI=1S/C16H19NOS/c1-11-7-8-15(16(18)9-11)12(2)17-13-5-4-6-14(10-13)19-3/h4-10,12,17-18H,1-3H3. The van der Waals surface area contributed by atoms with Crippen LogP contribution < -0.4 is 5.32 Å². The Balaban J connectivity index is 2.17. The third-order valence-electron chi connectivity index (χ3n) is 3.11. The van der Waals surface area contributed by atoms with Crippen LogP contribution in [0.1, 0.15) is 24.1 Å². The summed E-state index contributed by atoms with van der Waals surface area (Å²) in [5, 5.41) is 13.4. The van der Waals surface area contributed by atoms with Gasteiger partial charge in [-0.25, -0.2) is 0 Å². The number of hydrogen-bond acceptors (Lipinski definition) is 3. The van der Waals surface area contributed by atoms with E-state index in [0.29, 0.717) is 5.75 Å². The Hall–Kier alpha value is -1.61. The van der Waals surface area contributed by atoms with E-state index in [4.69, 9.17) is 0 Å². The Bertz CT molecular complexity index is 568. The van der Waals surface area contributed by atoms with Crippen LogP contribution in [-0.2, 0) is 0 Å². The second-order valence-electron chi connectivity index (χ2n) is 4.66. The fraction of sp³-hybridized carbons (Fsp3) is 0.250.